The molecule has 2 unspecified atom stereocenters. The Morgan fingerprint density at radius 1 is 1.33 bits per heavy atom. The van der Waals surface area contributed by atoms with E-state index in [9.17, 15) is 9.59 Å². The van der Waals surface area contributed by atoms with Crippen molar-refractivity contribution in [2.45, 2.75) is 26.9 Å². The van der Waals surface area contributed by atoms with Crippen molar-refractivity contribution in [1.29, 1.82) is 0 Å². The number of carbonyl (C=O) groups excluding carboxylic acids is 1. The molecule has 5 nitrogen and oxygen atoms in total. The van der Waals surface area contributed by atoms with Crippen molar-refractivity contribution in [3.05, 3.63) is 29.3 Å². The summed E-state index contributed by atoms with van der Waals surface area (Å²) in [6.07, 6.45) is -0.731. The first kappa shape index (κ1) is 17.3. The van der Waals surface area contributed by atoms with Gasteiger partial charge in [-0.25, -0.2) is 0 Å². The molecular formula is C15H20ClNO4. The average Bonchev–Trinajstić information content (AvgIpc) is 2.45. The second-order valence-corrected chi connectivity index (χ2v) is 5.21. The van der Waals surface area contributed by atoms with E-state index in [1.807, 2.05) is 0 Å². The van der Waals surface area contributed by atoms with Gasteiger partial charge in [-0.1, -0.05) is 30.7 Å². The van der Waals surface area contributed by atoms with E-state index in [1.54, 1.807) is 45.0 Å². The van der Waals surface area contributed by atoms with Crippen LogP contribution >= 0.6 is 11.6 Å². The number of carbonyl (C=O) groups is 2. The molecule has 21 heavy (non-hydrogen) atoms. The molecule has 0 bridgehead atoms. The predicted octanol–water partition coefficient (Wildman–Crippen LogP) is 2.68. The Labute approximate surface area is 129 Å². The normalized spacial score (nSPS) is 13.3. The van der Waals surface area contributed by atoms with Crippen molar-refractivity contribution in [1.82, 2.24) is 4.90 Å². The van der Waals surface area contributed by atoms with E-state index in [2.05, 4.69) is 0 Å². The van der Waals surface area contributed by atoms with Crippen molar-refractivity contribution < 1.29 is 19.4 Å². The molecule has 0 saturated carbocycles. The number of benzene rings is 1. The molecule has 0 radical (unpaired) electrons. The van der Waals surface area contributed by atoms with Gasteiger partial charge >= 0.3 is 5.97 Å². The minimum atomic E-state index is -0.930. The van der Waals surface area contributed by atoms with Gasteiger partial charge in [-0.05, 0) is 26.0 Å². The number of carboxylic acids is 1. The maximum atomic E-state index is 12.3. The summed E-state index contributed by atoms with van der Waals surface area (Å²) in [6.45, 7) is 5.57. The maximum absolute atomic E-state index is 12.3. The minimum Gasteiger partial charge on any atom is -0.481 e. The SMILES string of the molecule is CCN(CC(C)C(=O)O)C(=O)C(C)Oc1ccccc1Cl. The number of nitrogens with zero attached hydrogens (tertiary/aromatic N) is 1. The molecule has 0 aliphatic carbocycles. The van der Waals surface area contributed by atoms with Gasteiger partial charge in [-0.15, -0.1) is 0 Å². The summed E-state index contributed by atoms with van der Waals surface area (Å²) in [5.74, 6) is -1.38. The fraction of sp³-hybridized carbons (Fsp3) is 0.467. The van der Waals surface area contributed by atoms with Crippen LogP contribution in [0.15, 0.2) is 24.3 Å². The largest absolute Gasteiger partial charge is 0.481 e. The van der Waals surface area contributed by atoms with Crippen molar-refractivity contribution in [2.24, 2.45) is 5.92 Å². The zero-order valence-corrected chi connectivity index (χ0v) is 13.1. The number of ether oxygens (including phenoxy) is 1. The quantitative estimate of drug-likeness (QED) is 0.840. The zero-order valence-electron chi connectivity index (χ0n) is 12.4. The molecule has 0 saturated heterocycles. The Morgan fingerprint density at radius 2 is 1.95 bits per heavy atom. The second-order valence-electron chi connectivity index (χ2n) is 4.81. The molecule has 0 aliphatic heterocycles. The molecule has 0 aliphatic rings. The molecule has 0 aromatic heterocycles. The summed E-state index contributed by atoms with van der Waals surface area (Å²) in [5.41, 5.74) is 0. The number of rotatable bonds is 7. The van der Waals surface area contributed by atoms with E-state index < -0.39 is 18.0 Å². The predicted molar refractivity (Wildman–Crippen MR) is 80.6 cm³/mol. The summed E-state index contributed by atoms with van der Waals surface area (Å²) in [6, 6.07) is 6.90. The third-order valence-electron chi connectivity index (χ3n) is 3.10. The lowest BCUT2D eigenvalue weighted by atomic mass is 10.1. The Morgan fingerprint density at radius 3 is 2.48 bits per heavy atom. The third-order valence-corrected chi connectivity index (χ3v) is 3.41. The van der Waals surface area contributed by atoms with Gasteiger partial charge in [0.25, 0.3) is 5.91 Å². The monoisotopic (exact) mass is 313 g/mol. The Bertz CT molecular complexity index is 506. The fourth-order valence-electron chi connectivity index (χ4n) is 1.82. The number of halogens is 1. The van der Waals surface area contributed by atoms with E-state index >= 15 is 0 Å². The van der Waals surface area contributed by atoms with Gasteiger partial charge in [0.2, 0.25) is 0 Å². The van der Waals surface area contributed by atoms with Crippen LogP contribution < -0.4 is 4.74 Å². The highest BCUT2D eigenvalue weighted by molar-refractivity contribution is 6.32. The Balaban J connectivity index is 2.71. The van der Waals surface area contributed by atoms with Crippen molar-refractivity contribution in [3.63, 3.8) is 0 Å². The van der Waals surface area contributed by atoms with Crippen molar-refractivity contribution in [2.75, 3.05) is 13.1 Å². The van der Waals surface area contributed by atoms with Gasteiger partial charge in [0, 0.05) is 13.1 Å². The summed E-state index contributed by atoms with van der Waals surface area (Å²) in [4.78, 5) is 24.7. The molecule has 0 heterocycles. The number of hydrogen-bond donors (Lipinski definition) is 1. The summed E-state index contributed by atoms with van der Waals surface area (Å²) in [5, 5.41) is 9.36. The Kier molecular flexibility index (Phi) is 6.49. The van der Waals surface area contributed by atoms with Crippen LogP contribution in [0.2, 0.25) is 5.02 Å². The van der Waals surface area contributed by atoms with Crippen molar-refractivity contribution >= 4 is 23.5 Å². The lowest BCUT2D eigenvalue weighted by Crippen LogP contribution is -2.43. The van der Waals surface area contributed by atoms with Crippen LogP contribution in [0.25, 0.3) is 0 Å². The molecule has 116 valence electrons. The van der Waals surface area contributed by atoms with E-state index in [4.69, 9.17) is 21.4 Å². The molecule has 0 spiro atoms. The van der Waals surface area contributed by atoms with Gasteiger partial charge in [0.1, 0.15) is 5.75 Å². The van der Waals surface area contributed by atoms with Crippen LogP contribution in [0.4, 0.5) is 0 Å². The lowest BCUT2D eigenvalue weighted by molar-refractivity contribution is -0.144. The van der Waals surface area contributed by atoms with Crippen LogP contribution in [-0.2, 0) is 9.59 Å². The summed E-state index contributed by atoms with van der Waals surface area (Å²) >= 11 is 5.98. The molecule has 1 amide bonds. The van der Waals surface area contributed by atoms with Gasteiger partial charge < -0.3 is 14.7 Å². The maximum Gasteiger partial charge on any atom is 0.308 e. The van der Waals surface area contributed by atoms with Crippen LogP contribution in [0.1, 0.15) is 20.8 Å². The first-order chi connectivity index (χ1) is 9.86. The topological polar surface area (TPSA) is 66.8 Å². The Hall–Kier alpha value is -1.75. The van der Waals surface area contributed by atoms with Gasteiger partial charge in [0.15, 0.2) is 6.10 Å². The first-order valence-electron chi connectivity index (χ1n) is 6.79. The van der Waals surface area contributed by atoms with E-state index in [0.29, 0.717) is 17.3 Å². The second kappa shape index (κ2) is 7.88. The van der Waals surface area contributed by atoms with Crippen molar-refractivity contribution in [3.8, 4) is 5.75 Å². The van der Waals surface area contributed by atoms with E-state index in [1.165, 1.54) is 4.90 Å². The molecule has 2 atom stereocenters. The average molecular weight is 314 g/mol. The van der Waals surface area contributed by atoms with Gasteiger partial charge in [-0.2, -0.15) is 0 Å². The van der Waals surface area contributed by atoms with Crippen LogP contribution in [0.3, 0.4) is 0 Å². The number of aliphatic carboxylic acids is 1. The van der Waals surface area contributed by atoms with Crippen LogP contribution in [-0.4, -0.2) is 41.1 Å². The highest BCUT2D eigenvalue weighted by Crippen LogP contribution is 2.24. The summed E-state index contributed by atoms with van der Waals surface area (Å²) < 4.78 is 5.56. The van der Waals surface area contributed by atoms with Gasteiger partial charge in [0.05, 0.1) is 10.9 Å². The minimum absolute atomic E-state index is 0.154. The standard InChI is InChI=1S/C15H20ClNO4/c1-4-17(9-10(2)15(19)20)14(18)11(3)21-13-8-6-5-7-12(13)16/h5-8,10-11H,4,9H2,1-3H3,(H,19,20). The first-order valence-corrected chi connectivity index (χ1v) is 7.17. The molecule has 0 fully saturated rings. The number of hydrogen-bond acceptors (Lipinski definition) is 3. The van der Waals surface area contributed by atoms with Gasteiger partial charge in [-0.3, -0.25) is 9.59 Å². The number of para-hydroxylation sites is 1. The zero-order chi connectivity index (χ0) is 16.0. The number of carboxylic acid groups (broad SMARTS) is 1. The van der Waals surface area contributed by atoms with E-state index in [0.717, 1.165) is 0 Å². The molecule has 1 N–H and O–H groups in total. The highest BCUT2D eigenvalue weighted by atomic mass is 35.5. The van der Waals surface area contributed by atoms with E-state index in [-0.39, 0.29) is 12.5 Å². The third kappa shape index (κ3) is 4.93. The molecule has 1 aromatic carbocycles. The molecule has 6 heteroatoms. The molecule has 1 rings (SSSR count). The smallest absolute Gasteiger partial charge is 0.308 e. The number of amides is 1. The highest BCUT2D eigenvalue weighted by Gasteiger charge is 2.25. The fourth-order valence-corrected chi connectivity index (χ4v) is 2.00. The number of likely N-dealkylation sites (N-methyl/N-ethyl adjacent to an activating group) is 1. The lowest BCUT2D eigenvalue weighted by Gasteiger charge is -2.26. The van der Waals surface area contributed by atoms with Crippen LogP contribution in [0, 0.1) is 5.92 Å². The molecule has 1 aromatic rings. The molecular weight excluding hydrogens is 294 g/mol. The summed E-state index contributed by atoms with van der Waals surface area (Å²) in [7, 11) is 0. The van der Waals surface area contributed by atoms with Crippen LogP contribution in [0.5, 0.6) is 5.75 Å².